The molecule has 2 atom stereocenters. The van der Waals surface area contributed by atoms with Gasteiger partial charge in [0.2, 0.25) is 5.91 Å². The second-order valence-corrected chi connectivity index (χ2v) is 3.03. The maximum atomic E-state index is 11.0. The summed E-state index contributed by atoms with van der Waals surface area (Å²) in [5.74, 6) is 0.164. The Morgan fingerprint density at radius 3 is 2.50 bits per heavy atom. The molecule has 2 unspecified atom stereocenters. The fraction of sp³-hybridized carbons (Fsp3) is 0.875. The Hall–Kier alpha value is -0.610. The normalized spacial score (nSPS) is 15.3. The zero-order valence-electron chi connectivity index (χ0n) is 7.92. The van der Waals surface area contributed by atoms with Crippen LogP contribution < -0.4 is 10.6 Å². The third kappa shape index (κ3) is 4.31. The van der Waals surface area contributed by atoms with E-state index in [1.807, 2.05) is 6.92 Å². The molecule has 0 aromatic carbocycles. The first-order valence-electron chi connectivity index (χ1n) is 4.17. The van der Waals surface area contributed by atoms with E-state index in [0.717, 1.165) is 0 Å². The van der Waals surface area contributed by atoms with Crippen molar-refractivity contribution in [3.63, 3.8) is 0 Å². The van der Waals surface area contributed by atoms with Gasteiger partial charge in [0.1, 0.15) is 0 Å². The highest BCUT2D eigenvalue weighted by Crippen LogP contribution is 1.90. The van der Waals surface area contributed by atoms with E-state index in [2.05, 4.69) is 10.6 Å². The van der Waals surface area contributed by atoms with E-state index in [1.54, 1.807) is 14.0 Å². The molecule has 4 nitrogen and oxygen atoms in total. The molecule has 0 aromatic rings. The SMILES string of the molecule is CNC(=O)C(C)NCC(C)CO. The van der Waals surface area contributed by atoms with Gasteiger partial charge in [-0.3, -0.25) is 4.79 Å². The van der Waals surface area contributed by atoms with Gasteiger partial charge in [0, 0.05) is 20.2 Å². The number of carbonyl (C=O) groups is 1. The molecule has 0 saturated carbocycles. The minimum atomic E-state index is -0.191. The number of rotatable bonds is 5. The van der Waals surface area contributed by atoms with Gasteiger partial charge in [-0.15, -0.1) is 0 Å². The van der Waals surface area contributed by atoms with Gasteiger partial charge in [-0.25, -0.2) is 0 Å². The van der Waals surface area contributed by atoms with Crippen LogP contribution in [0.1, 0.15) is 13.8 Å². The molecule has 0 saturated heterocycles. The second-order valence-electron chi connectivity index (χ2n) is 3.03. The Balaban J connectivity index is 3.56. The summed E-state index contributed by atoms with van der Waals surface area (Å²) in [5, 5.41) is 14.3. The Bertz CT molecular complexity index is 139. The van der Waals surface area contributed by atoms with Gasteiger partial charge in [0.05, 0.1) is 6.04 Å². The zero-order chi connectivity index (χ0) is 9.56. The van der Waals surface area contributed by atoms with Crippen LogP contribution in [0.2, 0.25) is 0 Å². The third-order valence-corrected chi connectivity index (χ3v) is 1.72. The largest absolute Gasteiger partial charge is 0.396 e. The number of amides is 1. The van der Waals surface area contributed by atoms with Crippen molar-refractivity contribution in [1.29, 1.82) is 0 Å². The first-order valence-corrected chi connectivity index (χ1v) is 4.17. The average molecular weight is 174 g/mol. The summed E-state index contributed by atoms with van der Waals surface area (Å²) in [5.41, 5.74) is 0. The molecule has 0 fully saturated rings. The van der Waals surface area contributed by atoms with Gasteiger partial charge in [-0.1, -0.05) is 6.92 Å². The molecular weight excluding hydrogens is 156 g/mol. The predicted molar refractivity (Wildman–Crippen MR) is 47.8 cm³/mol. The molecule has 0 bridgehead atoms. The molecule has 0 radical (unpaired) electrons. The highest BCUT2D eigenvalue weighted by Gasteiger charge is 2.10. The van der Waals surface area contributed by atoms with Gasteiger partial charge in [-0.2, -0.15) is 0 Å². The molecule has 0 heterocycles. The number of aliphatic hydroxyl groups is 1. The number of likely N-dealkylation sites (N-methyl/N-ethyl adjacent to an activating group) is 1. The van der Waals surface area contributed by atoms with Crippen LogP contribution >= 0.6 is 0 Å². The van der Waals surface area contributed by atoms with Crippen LogP contribution in [-0.4, -0.2) is 37.3 Å². The molecular formula is C8H18N2O2. The highest BCUT2D eigenvalue weighted by atomic mass is 16.3. The maximum Gasteiger partial charge on any atom is 0.236 e. The minimum Gasteiger partial charge on any atom is -0.396 e. The lowest BCUT2D eigenvalue weighted by Crippen LogP contribution is -2.42. The Morgan fingerprint density at radius 1 is 1.50 bits per heavy atom. The van der Waals surface area contributed by atoms with Crippen molar-refractivity contribution >= 4 is 5.91 Å². The van der Waals surface area contributed by atoms with E-state index in [0.29, 0.717) is 6.54 Å². The van der Waals surface area contributed by atoms with E-state index in [1.165, 1.54) is 0 Å². The van der Waals surface area contributed by atoms with Crippen LogP contribution in [-0.2, 0) is 4.79 Å². The lowest BCUT2D eigenvalue weighted by atomic mass is 10.2. The lowest BCUT2D eigenvalue weighted by Gasteiger charge is -2.14. The highest BCUT2D eigenvalue weighted by molar-refractivity contribution is 5.80. The number of carbonyl (C=O) groups excluding carboxylic acids is 1. The van der Waals surface area contributed by atoms with Gasteiger partial charge in [0.15, 0.2) is 0 Å². The molecule has 1 amide bonds. The summed E-state index contributed by atoms with van der Waals surface area (Å²) in [7, 11) is 1.61. The molecule has 0 aromatic heterocycles. The first kappa shape index (κ1) is 11.4. The van der Waals surface area contributed by atoms with Crippen molar-refractivity contribution in [2.24, 2.45) is 5.92 Å². The molecule has 0 rings (SSSR count). The van der Waals surface area contributed by atoms with E-state index < -0.39 is 0 Å². The van der Waals surface area contributed by atoms with Crippen molar-refractivity contribution < 1.29 is 9.90 Å². The molecule has 4 heteroatoms. The van der Waals surface area contributed by atoms with Gasteiger partial charge < -0.3 is 15.7 Å². The number of nitrogens with one attached hydrogen (secondary N) is 2. The van der Waals surface area contributed by atoms with Crippen LogP contribution in [0, 0.1) is 5.92 Å². The number of hydrogen-bond acceptors (Lipinski definition) is 3. The van der Waals surface area contributed by atoms with Crippen LogP contribution in [0.15, 0.2) is 0 Å². The van der Waals surface area contributed by atoms with E-state index in [9.17, 15) is 4.79 Å². The summed E-state index contributed by atoms with van der Waals surface area (Å²) in [6, 6.07) is -0.191. The molecule has 0 spiro atoms. The van der Waals surface area contributed by atoms with Crippen LogP contribution in [0.3, 0.4) is 0 Å². The molecule has 0 aliphatic carbocycles. The van der Waals surface area contributed by atoms with Gasteiger partial charge >= 0.3 is 0 Å². The molecule has 0 aliphatic heterocycles. The smallest absolute Gasteiger partial charge is 0.236 e. The fourth-order valence-electron chi connectivity index (χ4n) is 0.752. The summed E-state index contributed by atoms with van der Waals surface area (Å²) in [6.07, 6.45) is 0. The standard InChI is InChI=1S/C8H18N2O2/c1-6(5-11)4-10-7(2)8(12)9-3/h6-7,10-11H,4-5H2,1-3H3,(H,9,12). The first-order chi connectivity index (χ1) is 5.61. The number of hydrogen-bond donors (Lipinski definition) is 3. The Kier molecular flexibility index (Phi) is 5.66. The maximum absolute atomic E-state index is 11.0. The fourth-order valence-corrected chi connectivity index (χ4v) is 0.752. The van der Waals surface area contributed by atoms with Crippen molar-refractivity contribution in [3.8, 4) is 0 Å². The van der Waals surface area contributed by atoms with Crippen molar-refractivity contribution in [1.82, 2.24) is 10.6 Å². The van der Waals surface area contributed by atoms with Crippen LogP contribution in [0.4, 0.5) is 0 Å². The summed E-state index contributed by atoms with van der Waals surface area (Å²) < 4.78 is 0. The topological polar surface area (TPSA) is 61.4 Å². The Morgan fingerprint density at radius 2 is 2.08 bits per heavy atom. The van der Waals surface area contributed by atoms with Crippen LogP contribution in [0.5, 0.6) is 0 Å². The van der Waals surface area contributed by atoms with E-state index in [-0.39, 0.29) is 24.5 Å². The van der Waals surface area contributed by atoms with E-state index >= 15 is 0 Å². The van der Waals surface area contributed by atoms with E-state index in [4.69, 9.17) is 5.11 Å². The third-order valence-electron chi connectivity index (χ3n) is 1.72. The number of aliphatic hydroxyl groups excluding tert-OH is 1. The van der Waals surface area contributed by atoms with Crippen molar-refractivity contribution in [2.45, 2.75) is 19.9 Å². The zero-order valence-corrected chi connectivity index (χ0v) is 7.92. The molecule has 0 aliphatic rings. The van der Waals surface area contributed by atoms with Crippen molar-refractivity contribution in [3.05, 3.63) is 0 Å². The Labute approximate surface area is 73.3 Å². The predicted octanol–water partition coefficient (Wildman–Crippen LogP) is -0.661. The average Bonchev–Trinajstić information content (AvgIpc) is 2.11. The molecule has 12 heavy (non-hydrogen) atoms. The summed E-state index contributed by atoms with van der Waals surface area (Å²) in [4.78, 5) is 11.0. The molecule has 3 N–H and O–H groups in total. The monoisotopic (exact) mass is 174 g/mol. The van der Waals surface area contributed by atoms with Gasteiger partial charge in [0.25, 0.3) is 0 Å². The summed E-state index contributed by atoms with van der Waals surface area (Å²) in [6.45, 7) is 4.52. The lowest BCUT2D eigenvalue weighted by molar-refractivity contribution is -0.122. The van der Waals surface area contributed by atoms with Crippen molar-refractivity contribution in [2.75, 3.05) is 20.2 Å². The van der Waals surface area contributed by atoms with Gasteiger partial charge in [-0.05, 0) is 12.8 Å². The second kappa shape index (κ2) is 5.97. The van der Waals surface area contributed by atoms with Crippen LogP contribution in [0.25, 0.3) is 0 Å². The minimum absolute atomic E-state index is 0.0276. The quantitative estimate of drug-likeness (QED) is 0.518. The summed E-state index contributed by atoms with van der Waals surface area (Å²) >= 11 is 0. The molecule has 72 valence electrons.